The van der Waals surface area contributed by atoms with Crippen LogP contribution >= 0.6 is 11.6 Å². The Labute approximate surface area is 111 Å². The fourth-order valence-corrected chi connectivity index (χ4v) is 1.79. The van der Waals surface area contributed by atoms with Gasteiger partial charge in [-0.15, -0.1) is 0 Å². The SMILES string of the molecule is Cc1ccc(Oc2ccc(C(=N)N)cc2)c(Cl)c1. The molecule has 0 saturated heterocycles. The Morgan fingerprint density at radius 2 is 1.83 bits per heavy atom. The van der Waals surface area contributed by atoms with E-state index in [0.717, 1.165) is 5.56 Å². The molecule has 0 aliphatic heterocycles. The molecule has 2 aromatic carbocycles. The van der Waals surface area contributed by atoms with Crippen molar-refractivity contribution in [2.24, 2.45) is 5.73 Å². The van der Waals surface area contributed by atoms with Crippen molar-refractivity contribution < 1.29 is 4.74 Å². The van der Waals surface area contributed by atoms with Gasteiger partial charge in [0.05, 0.1) is 5.02 Å². The Morgan fingerprint density at radius 3 is 2.39 bits per heavy atom. The molecule has 0 aromatic heterocycles. The Kier molecular flexibility index (Phi) is 3.53. The molecular formula is C14H13ClN2O. The first-order valence-corrected chi connectivity index (χ1v) is 5.82. The number of benzene rings is 2. The second-order valence-electron chi connectivity index (χ2n) is 3.97. The van der Waals surface area contributed by atoms with Gasteiger partial charge in [0.15, 0.2) is 0 Å². The molecule has 0 radical (unpaired) electrons. The number of halogens is 1. The van der Waals surface area contributed by atoms with E-state index in [4.69, 9.17) is 27.5 Å². The summed E-state index contributed by atoms with van der Waals surface area (Å²) in [5.41, 5.74) is 7.13. The molecule has 0 aliphatic carbocycles. The Bertz CT molecular complexity index is 579. The highest BCUT2D eigenvalue weighted by Crippen LogP contribution is 2.29. The van der Waals surface area contributed by atoms with E-state index >= 15 is 0 Å². The van der Waals surface area contributed by atoms with Crippen LogP contribution in [0.25, 0.3) is 0 Å². The highest BCUT2D eigenvalue weighted by atomic mass is 35.5. The summed E-state index contributed by atoms with van der Waals surface area (Å²) in [4.78, 5) is 0. The van der Waals surface area contributed by atoms with Crippen LogP contribution in [-0.2, 0) is 0 Å². The van der Waals surface area contributed by atoms with Crippen molar-refractivity contribution >= 4 is 17.4 Å². The molecule has 0 fully saturated rings. The smallest absolute Gasteiger partial charge is 0.146 e. The summed E-state index contributed by atoms with van der Waals surface area (Å²) in [7, 11) is 0. The van der Waals surface area contributed by atoms with Crippen molar-refractivity contribution in [1.82, 2.24) is 0 Å². The van der Waals surface area contributed by atoms with Crippen LogP contribution in [0.5, 0.6) is 11.5 Å². The van der Waals surface area contributed by atoms with Gasteiger partial charge in [-0.2, -0.15) is 0 Å². The molecule has 0 unspecified atom stereocenters. The van der Waals surface area contributed by atoms with Crippen molar-refractivity contribution in [3.05, 3.63) is 58.6 Å². The topological polar surface area (TPSA) is 59.1 Å². The third-order valence-electron chi connectivity index (χ3n) is 2.48. The van der Waals surface area contributed by atoms with E-state index in [0.29, 0.717) is 22.1 Å². The molecule has 0 bridgehead atoms. The summed E-state index contributed by atoms with van der Waals surface area (Å²) in [5.74, 6) is 1.30. The predicted octanol–water partition coefficient (Wildman–Crippen LogP) is 3.72. The molecule has 3 N–H and O–H groups in total. The fourth-order valence-electron chi connectivity index (χ4n) is 1.52. The second kappa shape index (κ2) is 5.10. The number of rotatable bonds is 3. The van der Waals surface area contributed by atoms with Crippen molar-refractivity contribution in [2.75, 3.05) is 0 Å². The number of hydrogen-bond acceptors (Lipinski definition) is 2. The van der Waals surface area contributed by atoms with E-state index in [2.05, 4.69) is 0 Å². The highest BCUT2D eigenvalue weighted by molar-refractivity contribution is 6.32. The third kappa shape index (κ3) is 2.81. The van der Waals surface area contributed by atoms with Gasteiger partial charge in [0.1, 0.15) is 17.3 Å². The minimum Gasteiger partial charge on any atom is -0.456 e. The summed E-state index contributed by atoms with van der Waals surface area (Å²) in [6, 6.07) is 12.6. The van der Waals surface area contributed by atoms with Crippen LogP contribution in [0.1, 0.15) is 11.1 Å². The molecule has 18 heavy (non-hydrogen) atoms. The van der Waals surface area contributed by atoms with E-state index in [1.165, 1.54) is 0 Å². The zero-order valence-corrected chi connectivity index (χ0v) is 10.7. The lowest BCUT2D eigenvalue weighted by molar-refractivity contribution is 0.483. The Morgan fingerprint density at radius 1 is 1.17 bits per heavy atom. The average molecular weight is 261 g/mol. The maximum absolute atomic E-state index is 7.30. The number of amidine groups is 1. The largest absolute Gasteiger partial charge is 0.456 e. The molecule has 0 saturated carbocycles. The summed E-state index contributed by atoms with van der Waals surface area (Å²) in [5, 5.41) is 7.88. The van der Waals surface area contributed by atoms with Crippen LogP contribution in [0.3, 0.4) is 0 Å². The van der Waals surface area contributed by atoms with Crippen LogP contribution in [0.15, 0.2) is 42.5 Å². The molecule has 0 amide bonds. The third-order valence-corrected chi connectivity index (χ3v) is 2.78. The molecule has 0 atom stereocenters. The molecule has 2 aromatic rings. The zero-order chi connectivity index (χ0) is 13.1. The first-order valence-electron chi connectivity index (χ1n) is 5.45. The van der Waals surface area contributed by atoms with Gasteiger partial charge >= 0.3 is 0 Å². The van der Waals surface area contributed by atoms with E-state index in [1.54, 1.807) is 24.3 Å². The minimum atomic E-state index is 0.0370. The van der Waals surface area contributed by atoms with Crippen LogP contribution in [0.4, 0.5) is 0 Å². The van der Waals surface area contributed by atoms with Gasteiger partial charge in [-0.1, -0.05) is 17.7 Å². The lowest BCUT2D eigenvalue weighted by Crippen LogP contribution is -2.10. The van der Waals surface area contributed by atoms with Gasteiger partial charge in [-0.05, 0) is 48.9 Å². The summed E-state index contributed by atoms with van der Waals surface area (Å²) in [6.45, 7) is 1.97. The summed E-state index contributed by atoms with van der Waals surface area (Å²) < 4.78 is 5.66. The first-order chi connectivity index (χ1) is 8.56. The lowest BCUT2D eigenvalue weighted by Gasteiger charge is -2.08. The summed E-state index contributed by atoms with van der Waals surface area (Å²) >= 11 is 6.08. The standard InChI is InChI=1S/C14H13ClN2O/c1-9-2-7-13(12(15)8-9)18-11-5-3-10(4-6-11)14(16)17/h2-8H,1H3,(H3,16,17). The number of nitrogen functional groups attached to an aromatic ring is 1. The Hall–Kier alpha value is -2.00. The lowest BCUT2D eigenvalue weighted by atomic mass is 10.2. The van der Waals surface area contributed by atoms with Crippen molar-refractivity contribution in [1.29, 1.82) is 5.41 Å². The van der Waals surface area contributed by atoms with Gasteiger partial charge in [0.25, 0.3) is 0 Å². The quantitative estimate of drug-likeness (QED) is 0.653. The number of hydrogen-bond donors (Lipinski definition) is 2. The van der Waals surface area contributed by atoms with Gasteiger partial charge in [-0.25, -0.2) is 0 Å². The normalized spacial score (nSPS) is 10.1. The van der Waals surface area contributed by atoms with Crippen LogP contribution < -0.4 is 10.5 Å². The van der Waals surface area contributed by atoms with Gasteiger partial charge in [0.2, 0.25) is 0 Å². The molecule has 92 valence electrons. The molecule has 3 nitrogen and oxygen atoms in total. The van der Waals surface area contributed by atoms with Gasteiger partial charge < -0.3 is 10.5 Å². The molecular weight excluding hydrogens is 248 g/mol. The van der Waals surface area contributed by atoms with Crippen molar-refractivity contribution in [2.45, 2.75) is 6.92 Å². The van der Waals surface area contributed by atoms with Crippen LogP contribution in [-0.4, -0.2) is 5.84 Å². The maximum Gasteiger partial charge on any atom is 0.146 e. The number of nitrogens with two attached hydrogens (primary N) is 1. The van der Waals surface area contributed by atoms with Gasteiger partial charge in [-0.3, -0.25) is 5.41 Å². The van der Waals surface area contributed by atoms with E-state index in [-0.39, 0.29) is 5.84 Å². The molecule has 2 rings (SSSR count). The number of ether oxygens (including phenoxy) is 1. The fraction of sp³-hybridized carbons (Fsp3) is 0.0714. The van der Waals surface area contributed by atoms with E-state index in [1.807, 2.05) is 25.1 Å². The molecule has 4 heteroatoms. The monoisotopic (exact) mass is 260 g/mol. The van der Waals surface area contributed by atoms with Crippen molar-refractivity contribution in [3.8, 4) is 11.5 Å². The maximum atomic E-state index is 7.30. The van der Waals surface area contributed by atoms with Crippen LogP contribution in [0.2, 0.25) is 5.02 Å². The number of nitrogens with one attached hydrogen (secondary N) is 1. The predicted molar refractivity (Wildman–Crippen MR) is 73.7 cm³/mol. The highest BCUT2D eigenvalue weighted by Gasteiger charge is 2.04. The van der Waals surface area contributed by atoms with Gasteiger partial charge in [0, 0.05) is 5.56 Å². The zero-order valence-electron chi connectivity index (χ0n) is 9.91. The van der Waals surface area contributed by atoms with Crippen molar-refractivity contribution in [3.63, 3.8) is 0 Å². The molecule has 0 aliphatic rings. The minimum absolute atomic E-state index is 0.0370. The number of aryl methyl sites for hydroxylation is 1. The molecule has 0 spiro atoms. The Balaban J connectivity index is 2.21. The van der Waals surface area contributed by atoms with E-state index in [9.17, 15) is 0 Å². The van der Waals surface area contributed by atoms with E-state index < -0.39 is 0 Å². The second-order valence-corrected chi connectivity index (χ2v) is 4.38. The first kappa shape index (κ1) is 12.5. The van der Waals surface area contributed by atoms with Crippen LogP contribution in [0, 0.1) is 12.3 Å². The average Bonchev–Trinajstić information content (AvgIpc) is 2.33. The molecule has 0 heterocycles. The summed E-state index contributed by atoms with van der Waals surface area (Å²) in [6.07, 6.45) is 0.